The Balaban J connectivity index is 1.39. The van der Waals surface area contributed by atoms with E-state index in [-0.39, 0.29) is 24.4 Å². The highest BCUT2D eigenvalue weighted by Crippen LogP contribution is 2.14. The molecule has 2 saturated heterocycles. The van der Waals surface area contributed by atoms with Crippen molar-refractivity contribution in [2.24, 2.45) is 4.99 Å². The van der Waals surface area contributed by atoms with E-state index in [2.05, 4.69) is 25.4 Å². The van der Waals surface area contributed by atoms with Crippen molar-refractivity contribution in [2.45, 2.75) is 32.4 Å². The van der Waals surface area contributed by atoms with E-state index in [4.69, 9.17) is 4.74 Å². The van der Waals surface area contributed by atoms with Crippen molar-refractivity contribution in [1.29, 1.82) is 0 Å². The summed E-state index contributed by atoms with van der Waals surface area (Å²) in [6.45, 7) is 7.54. The van der Waals surface area contributed by atoms with Crippen LogP contribution in [0.3, 0.4) is 0 Å². The third-order valence-electron chi connectivity index (χ3n) is 6.20. The number of hydrogen-bond donors (Lipinski definition) is 2. The van der Waals surface area contributed by atoms with Gasteiger partial charge in [0.25, 0.3) is 0 Å². The molecule has 1 aromatic carbocycles. The lowest BCUT2D eigenvalue weighted by atomic mass is 10.2. The van der Waals surface area contributed by atoms with Crippen molar-refractivity contribution in [1.82, 2.24) is 25.3 Å². The van der Waals surface area contributed by atoms with Crippen molar-refractivity contribution >= 4 is 17.8 Å². The van der Waals surface area contributed by atoms with Crippen molar-refractivity contribution in [3.8, 4) is 5.75 Å². The minimum Gasteiger partial charge on any atom is -0.497 e. The van der Waals surface area contributed by atoms with Gasteiger partial charge in [-0.05, 0) is 37.5 Å². The molecule has 0 radical (unpaired) electrons. The van der Waals surface area contributed by atoms with Gasteiger partial charge in [0.15, 0.2) is 5.96 Å². The molecule has 1 atom stereocenters. The molecule has 0 saturated carbocycles. The Morgan fingerprint density at radius 2 is 1.66 bits per heavy atom. The van der Waals surface area contributed by atoms with Crippen molar-refractivity contribution in [2.75, 3.05) is 60.0 Å². The number of rotatable bonds is 7. The highest BCUT2D eigenvalue weighted by molar-refractivity contribution is 5.86. The Morgan fingerprint density at radius 1 is 1.00 bits per heavy atom. The number of aliphatic imine (C=N–C) groups is 1. The van der Waals surface area contributed by atoms with Crippen LogP contribution in [0.25, 0.3) is 0 Å². The van der Waals surface area contributed by atoms with Crippen molar-refractivity contribution in [3.05, 3.63) is 29.8 Å². The molecule has 0 aromatic heterocycles. The molecule has 1 unspecified atom stereocenters. The number of carbonyl (C=O) groups is 2. The average Bonchev–Trinajstić information content (AvgIpc) is 3.38. The second kappa shape index (κ2) is 11.7. The van der Waals surface area contributed by atoms with Crippen LogP contribution in [0.2, 0.25) is 0 Å². The summed E-state index contributed by atoms with van der Waals surface area (Å²) in [7, 11) is 3.35. The van der Waals surface area contributed by atoms with Crippen LogP contribution in [0, 0.1) is 0 Å². The van der Waals surface area contributed by atoms with E-state index in [1.165, 1.54) is 0 Å². The summed E-state index contributed by atoms with van der Waals surface area (Å²) < 4.78 is 5.15. The van der Waals surface area contributed by atoms with Crippen LogP contribution in [0.4, 0.5) is 0 Å². The highest BCUT2D eigenvalue weighted by Gasteiger charge is 2.30. The van der Waals surface area contributed by atoms with Gasteiger partial charge in [0.1, 0.15) is 5.75 Å². The van der Waals surface area contributed by atoms with Crippen molar-refractivity contribution < 1.29 is 14.3 Å². The summed E-state index contributed by atoms with van der Waals surface area (Å²) in [5.41, 5.74) is 1.01. The Hall–Kier alpha value is -2.81. The first-order valence-electron chi connectivity index (χ1n) is 11.4. The number of piperazine rings is 1. The Labute approximate surface area is 190 Å². The molecule has 0 aliphatic carbocycles. The lowest BCUT2D eigenvalue weighted by Gasteiger charge is -2.39. The molecule has 176 valence electrons. The molecule has 2 fully saturated rings. The van der Waals surface area contributed by atoms with Crippen LogP contribution < -0.4 is 15.4 Å². The summed E-state index contributed by atoms with van der Waals surface area (Å²) in [6.07, 6.45) is 2.23. The molecule has 2 N–H and O–H groups in total. The van der Waals surface area contributed by atoms with Gasteiger partial charge < -0.3 is 25.2 Å². The van der Waals surface area contributed by atoms with Gasteiger partial charge in [-0.2, -0.15) is 0 Å². The molecule has 32 heavy (non-hydrogen) atoms. The quantitative estimate of drug-likeness (QED) is 0.471. The number of nitrogens with one attached hydrogen (secondary N) is 2. The van der Waals surface area contributed by atoms with Gasteiger partial charge in [-0.15, -0.1) is 0 Å². The number of likely N-dealkylation sites (tertiary alicyclic amines) is 1. The molecule has 2 amide bonds. The summed E-state index contributed by atoms with van der Waals surface area (Å²) in [5, 5.41) is 6.07. The van der Waals surface area contributed by atoms with Gasteiger partial charge in [0.05, 0.1) is 19.7 Å². The lowest BCUT2D eigenvalue weighted by molar-refractivity contribution is -0.135. The summed E-state index contributed by atoms with van der Waals surface area (Å²) >= 11 is 0. The minimum atomic E-state index is -0.0922. The maximum Gasteiger partial charge on any atom is 0.239 e. The molecule has 9 nitrogen and oxygen atoms in total. The first kappa shape index (κ1) is 23.8. The highest BCUT2D eigenvalue weighted by atomic mass is 16.5. The zero-order valence-corrected chi connectivity index (χ0v) is 19.5. The third-order valence-corrected chi connectivity index (χ3v) is 6.20. The Kier molecular flexibility index (Phi) is 8.72. The van der Waals surface area contributed by atoms with Crippen molar-refractivity contribution in [3.63, 3.8) is 0 Å². The van der Waals surface area contributed by atoms with E-state index < -0.39 is 0 Å². The smallest absolute Gasteiger partial charge is 0.239 e. The molecule has 3 rings (SSSR count). The monoisotopic (exact) mass is 444 g/mol. The number of benzene rings is 1. The number of hydrogen-bond acceptors (Lipinski definition) is 5. The molecular weight excluding hydrogens is 408 g/mol. The fourth-order valence-electron chi connectivity index (χ4n) is 4.18. The predicted molar refractivity (Wildman–Crippen MR) is 125 cm³/mol. The maximum absolute atomic E-state index is 12.7. The molecular formula is C23H36N6O3. The Bertz CT molecular complexity index is 783. The van der Waals surface area contributed by atoms with E-state index >= 15 is 0 Å². The number of nitrogens with zero attached hydrogens (tertiary/aromatic N) is 4. The molecule has 1 aromatic rings. The standard InChI is InChI=1S/C23H36N6O3/c1-18(22(31)28-10-4-5-11-28)27-12-14-29(15-13-27)23(24-2)26-17-21(30)25-16-19-6-8-20(32-3)9-7-19/h6-9,18H,4-5,10-17H2,1-3H3,(H,24,26)(H,25,30). The first-order chi connectivity index (χ1) is 15.5. The van der Waals surface area contributed by atoms with Crippen LogP contribution in [-0.2, 0) is 16.1 Å². The summed E-state index contributed by atoms with van der Waals surface area (Å²) in [4.78, 5) is 35.6. The van der Waals surface area contributed by atoms with Crippen LogP contribution in [0.5, 0.6) is 5.75 Å². The second-order valence-electron chi connectivity index (χ2n) is 8.26. The van der Waals surface area contributed by atoms with Crippen LogP contribution in [-0.4, -0.2) is 98.5 Å². The van der Waals surface area contributed by atoms with Gasteiger partial charge >= 0.3 is 0 Å². The van der Waals surface area contributed by atoms with Crippen LogP contribution >= 0.6 is 0 Å². The van der Waals surface area contributed by atoms with Gasteiger partial charge in [-0.25, -0.2) is 0 Å². The fraction of sp³-hybridized carbons (Fsp3) is 0.609. The third kappa shape index (κ3) is 6.35. The van der Waals surface area contributed by atoms with E-state index in [1.807, 2.05) is 36.1 Å². The van der Waals surface area contributed by atoms with Gasteiger partial charge in [0, 0.05) is 52.9 Å². The van der Waals surface area contributed by atoms with Gasteiger partial charge in [0.2, 0.25) is 11.8 Å². The van der Waals surface area contributed by atoms with E-state index in [0.717, 1.165) is 63.4 Å². The lowest BCUT2D eigenvalue weighted by Crippen LogP contribution is -2.57. The topological polar surface area (TPSA) is 89.5 Å². The average molecular weight is 445 g/mol. The molecule has 0 bridgehead atoms. The zero-order chi connectivity index (χ0) is 22.9. The fourth-order valence-corrected chi connectivity index (χ4v) is 4.18. The number of guanidine groups is 1. The number of methoxy groups -OCH3 is 1. The summed E-state index contributed by atoms with van der Waals surface area (Å²) in [6, 6.07) is 7.52. The van der Waals surface area contributed by atoms with E-state index in [1.54, 1.807) is 14.2 Å². The largest absolute Gasteiger partial charge is 0.497 e. The molecule has 2 heterocycles. The molecule has 0 spiro atoms. The van der Waals surface area contributed by atoms with Gasteiger partial charge in [-0.1, -0.05) is 12.1 Å². The normalized spacial score (nSPS) is 18.4. The molecule has 2 aliphatic heterocycles. The number of carbonyl (C=O) groups excluding carboxylic acids is 2. The summed E-state index contributed by atoms with van der Waals surface area (Å²) in [5.74, 6) is 1.65. The SMILES string of the molecule is CN=C(NCC(=O)NCc1ccc(OC)cc1)N1CCN(C(C)C(=O)N2CCCC2)CC1. The predicted octanol–water partition coefficient (Wildman–Crippen LogP) is 0.515. The number of amides is 2. The van der Waals surface area contributed by atoms with E-state index in [9.17, 15) is 9.59 Å². The molecule has 2 aliphatic rings. The van der Waals surface area contributed by atoms with Crippen LogP contribution in [0.15, 0.2) is 29.3 Å². The van der Waals surface area contributed by atoms with E-state index in [0.29, 0.717) is 12.5 Å². The first-order valence-corrected chi connectivity index (χ1v) is 11.4. The Morgan fingerprint density at radius 3 is 2.25 bits per heavy atom. The zero-order valence-electron chi connectivity index (χ0n) is 19.5. The van der Waals surface area contributed by atoms with Gasteiger partial charge in [-0.3, -0.25) is 19.5 Å². The molecule has 9 heteroatoms. The maximum atomic E-state index is 12.7. The number of ether oxygens (including phenoxy) is 1. The minimum absolute atomic E-state index is 0.0889. The second-order valence-corrected chi connectivity index (χ2v) is 8.26. The van der Waals surface area contributed by atoms with Crippen LogP contribution in [0.1, 0.15) is 25.3 Å².